The van der Waals surface area contributed by atoms with Gasteiger partial charge < -0.3 is 20.5 Å². The number of nitrogens with two attached hydrogens (primary N) is 1. The first kappa shape index (κ1) is 20.6. The van der Waals surface area contributed by atoms with Crippen molar-refractivity contribution in [1.82, 2.24) is 9.97 Å². The summed E-state index contributed by atoms with van der Waals surface area (Å²) in [5, 5.41) is 4.45. The van der Waals surface area contributed by atoms with E-state index in [0.29, 0.717) is 23.9 Å². The van der Waals surface area contributed by atoms with E-state index in [-0.39, 0.29) is 6.04 Å². The summed E-state index contributed by atoms with van der Waals surface area (Å²) in [4.78, 5) is 14.1. The summed E-state index contributed by atoms with van der Waals surface area (Å²) in [7, 11) is 3.25. The topological polar surface area (TPSA) is 82.3 Å². The van der Waals surface area contributed by atoms with Crippen LogP contribution in [0.25, 0.3) is 20.7 Å². The Morgan fingerprint density at radius 3 is 2.40 bits per heavy atom. The van der Waals surface area contributed by atoms with Crippen molar-refractivity contribution in [3.63, 3.8) is 0 Å². The Hall–Kier alpha value is -2.68. The van der Waals surface area contributed by atoms with Crippen molar-refractivity contribution in [2.24, 2.45) is 5.73 Å². The fourth-order valence-corrected chi connectivity index (χ4v) is 5.28. The second-order valence-electron chi connectivity index (χ2n) is 6.88. The summed E-state index contributed by atoms with van der Waals surface area (Å²) >= 11 is 3.52. The molecule has 1 unspecified atom stereocenters. The number of nitrogens with zero attached hydrogens (tertiary/aromatic N) is 2. The van der Waals surface area contributed by atoms with Gasteiger partial charge in [0.25, 0.3) is 0 Å². The zero-order valence-corrected chi connectivity index (χ0v) is 19.0. The van der Waals surface area contributed by atoms with Gasteiger partial charge in [0.1, 0.15) is 11.6 Å². The van der Waals surface area contributed by atoms with Gasteiger partial charge >= 0.3 is 0 Å². The third-order valence-electron chi connectivity index (χ3n) is 4.83. The minimum Gasteiger partial charge on any atom is -0.493 e. The first-order valence-electron chi connectivity index (χ1n) is 9.58. The highest BCUT2D eigenvalue weighted by atomic mass is 32.1. The van der Waals surface area contributed by atoms with E-state index in [1.165, 1.54) is 19.5 Å². The summed E-state index contributed by atoms with van der Waals surface area (Å²) in [6.07, 6.45) is 0. The molecule has 0 fully saturated rings. The predicted molar refractivity (Wildman–Crippen MR) is 125 cm³/mol. The van der Waals surface area contributed by atoms with Gasteiger partial charge in [-0.3, -0.25) is 0 Å². The number of methoxy groups -OCH3 is 2. The second kappa shape index (κ2) is 8.59. The van der Waals surface area contributed by atoms with Crippen molar-refractivity contribution in [2.45, 2.75) is 26.4 Å². The van der Waals surface area contributed by atoms with Crippen molar-refractivity contribution >= 4 is 39.4 Å². The number of hydrogen-bond donors (Lipinski definition) is 2. The molecule has 3 aromatic heterocycles. The lowest BCUT2D eigenvalue weighted by atomic mass is 10.2. The molecule has 0 bridgehead atoms. The number of hydrogen-bond acceptors (Lipinski definition) is 8. The van der Waals surface area contributed by atoms with Gasteiger partial charge in [-0.05, 0) is 44.2 Å². The van der Waals surface area contributed by atoms with Crippen molar-refractivity contribution in [3.05, 3.63) is 52.0 Å². The van der Waals surface area contributed by atoms with E-state index >= 15 is 0 Å². The predicted octanol–water partition coefficient (Wildman–Crippen LogP) is 5.38. The van der Waals surface area contributed by atoms with Crippen molar-refractivity contribution in [1.29, 1.82) is 0 Å². The van der Waals surface area contributed by atoms with Crippen LogP contribution in [0.4, 0.5) is 5.82 Å². The number of nitrogens with one attached hydrogen (secondary N) is 1. The van der Waals surface area contributed by atoms with Crippen LogP contribution in [0.3, 0.4) is 0 Å². The number of fused-ring (bicyclic) bond motifs is 1. The molecule has 30 heavy (non-hydrogen) atoms. The standard InChI is InChI=1S/C22H24N4O2S2/c1-12(19-7-8-21(30-19)20-6-5-14(11-23)29-20)24-22-15-9-17(27-3)18(28-4)10-16(15)25-13(2)26-22/h5-10,12H,11,23H2,1-4H3,(H,24,25,26). The third kappa shape index (κ3) is 3.98. The largest absolute Gasteiger partial charge is 0.493 e. The molecule has 4 rings (SSSR count). The molecule has 0 amide bonds. The van der Waals surface area contributed by atoms with Crippen LogP contribution >= 0.6 is 22.7 Å². The maximum absolute atomic E-state index is 5.75. The first-order valence-corrected chi connectivity index (χ1v) is 11.2. The van der Waals surface area contributed by atoms with E-state index in [9.17, 15) is 0 Å². The van der Waals surface area contributed by atoms with Gasteiger partial charge in [-0.1, -0.05) is 0 Å². The average molecular weight is 441 g/mol. The van der Waals surface area contributed by atoms with Crippen LogP contribution < -0.4 is 20.5 Å². The number of anilines is 1. The number of aromatic nitrogens is 2. The summed E-state index contributed by atoms with van der Waals surface area (Å²) in [5.74, 6) is 2.78. The fraction of sp³-hybridized carbons (Fsp3) is 0.273. The molecule has 0 saturated heterocycles. The van der Waals surface area contributed by atoms with Gasteiger partial charge in [0.15, 0.2) is 11.5 Å². The smallest absolute Gasteiger partial charge is 0.162 e. The molecule has 3 heterocycles. The lowest BCUT2D eigenvalue weighted by molar-refractivity contribution is 0.356. The lowest BCUT2D eigenvalue weighted by Gasteiger charge is -2.16. The molecular formula is C22H24N4O2S2. The van der Waals surface area contributed by atoms with Gasteiger partial charge in [0, 0.05) is 37.5 Å². The highest BCUT2D eigenvalue weighted by Crippen LogP contribution is 2.38. The van der Waals surface area contributed by atoms with E-state index in [4.69, 9.17) is 15.2 Å². The van der Waals surface area contributed by atoms with Crippen LogP contribution in [-0.2, 0) is 6.54 Å². The lowest BCUT2D eigenvalue weighted by Crippen LogP contribution is -2.08. The zero-order valence-electron chi connectivity index (χ0n) is 17.4. The molecule has 0 aliphatic rings. The van der Waals surface area contributed by atoms with Gasteiger partial charge in [-0.15, -0.1) is 22.7 Å². The molecule has 4 aromatic rings. The fourth-order valence-electron chi connectivity index (χ4n) is 3.30. The summed E-state index contributed by atoms with van der Waals surface area (Å²) in [6.45, 7) is 4.61. The van der Waals surface area contributed by atoms with Crippen LogP contribution in [0.1, 0.15) is 28.5 Å². The number of ether oxygens (including phenoxy) is 2. The Morgan fingerprint density at radius 2 is 1.70 bits per heavy atom. The summed E-state index contributed by atoms with van der Waals surface area (Å²) in [5.41, 5.74) is 6.57. The molecule has 6 nitrogen and oxygen atoms in total. The molecule has 0 aliphatic carbocycles. The Morgan fingerprint density at radius 1 is 1.00 bits per heavy atom. The molecular weight excluding hydrogens is 416 g/mol. The SMILES string of the molecule is COc1cc2nc(C)nc(NC(C)c3ccc(-c4ccc(CN)s4)s3)c2cc1OC. The summed E-state index contributed by atoms with van der Waals surface area (Å²) < 4.78 is 10.9. The monoisotopic (exact) mass is 440 g/mol. The van der Waals surface area contributed by atoms with Crippen LogP contribution in [0, 0.1) is 6.92 Å². The first-order chi connectivity index (χ1) is 14.5. The van der Waals surface area contributed by atoms with Gasteiger partial charge in [0.2, 0.25) is 0 Å². The zero-order chi connectivity index (χ0) is 21.3. The normalized spacial score (nSPS) is 12.2. The molecule has 0 saturated carbocycles. The van der Waals surface area contributed by atoms with Crippen LogP contribution in [0.15, 0.2) is 36.4 Å². The summed E-state index contributed by atoms with van der Waals surface area (Å²) in [6, 6.07) is 12.5. The minimum absolute atomic E-state index is 0.0864. The molecule has 1 atom stereocenters. The molecule has 1 aromatic carbocycles. The number of aryl methyl sites for hydroxylation is 1. The van der Waals surface area contributed by atoms with Gasteiger partial charge in [-0.25, -0.2) is 9.97 Å². The van der Waals surface area contributed by atoms with Gasteiger partial charge in [-0.2, -0.15) is 0 Å². The van der Waals surface area contributed by atoms with Crippen molar-refractivity contribution in [2.75, 3.05) is 19.5 Å². The Labute approximate surface area is 183 Å². The van der Waals surface area contributed by atoms with Crippen LogP contribution in [0.2, 0.25) is 0 Å². The maximum atomic E-state index is 5.75. The minimum atomic E-state index is 0.0864. The maximum Gasteiger partial charge on any atom is 0.162 e. The van der Waals surface area contributed by atoms with Crippen molar-refractivity contribution in [3.8, 4) is 21.3 Å². The highest BCUT2D eigenvalue weighted by Gasteiger charge is 2.16. The van der Waals surface area contributed by atoms with E-state index in [0.717, 1.165) is 16.7 Å². The van der Waals surface area contributed by atoms with Gasteiger partial charge in [0.05, 0.1) is 25.8 Å². The molecule has 0 radical (unpaired) electrons. The highest BCUT2D eigenvalue weighted by molar-refractivity contribution is 7.22. The van der Waals surface area contributed by atoms with E-state index in [1.807, 2.05) is 19.1 Å². The van der Waals surface area contributed by atoms with E-state index in [1.54, 1.807) is 36.9 Å². The third-order valence-corrected chi connectivity index (χ3v) is 7.40. The molecule has 0 spiro atoms. The van der Waals surface area contributed by atoms with E-state index < -0.39 is 0 Å². The Kier molecular flexibility index (Phi) is 5.90. The number of thiophene rings is 2. The molecule has 8 heteroatoms. The van der Waals surface area contributed by atoms with Crippen LogP contribution in [0.5, 0.6) is 11.5 Å². The average Bonchev–Trinajstić information content (AvgIpc) is 3.42. The van der Waals surface area contributed by atoms with Crippen molar-refractivity contribution < 1.29 is 9.47 Å². The molecule has 3 N–H and O–H groups in total. The Bertz CT molecular complexity index is 1190. The quantitative estimate of drug-likeness (QED) is 0.402. The van der Waals surface area contributed by atoms with Crippen LogP contribution in [-0.4, -0.2) is 24.2 Å². The number of rotatable bonds is 7. The Balaban J connectivity index is 1.65. The number of benzene rings is 1. The second-order valence-corrected chi connectivity index (χ2v) is 9.17. The van der Waals surface area contributed by atoms with E-state index in [2.05, 4.69) is 46.5 Å². The molecule has 0 aliphatic heterocycles. The molecule has 156 valence electrons.